The molecule has 0 atom stereocenters. The average molecular weight is 465 g/mol. The third kappa shape index (κ3) is 6.84. The van der Waals surface area contributed by atoms with E-state index in [1.807, 2.05) is 13.8 Å². The van der Waals surface area contributed by atoms with Crippen LogP contribution < -0.4 is 20.9 Å². The molecule has 0 bridgehead atoms. The van der Waals surface area contributed by atoms with E-state index in [1.165, 1.54) is 5.00 Å². The Hall–Kier alpha value is -1.03. The number of aliphatic imine (C=N–C) groups is 1. The predicted molar refractivity (Wildman–Crippen MR) is 113 cm³/mol. The fourth-order valence-electron chi connectivity index (χ4n) is 2.61. The Morgan fingerprint density at radius 3 is 2.58 bits per heavy atom. The number of guanidine groups is 1. The summed E-state index contributed by atoms with van der Waals surface area (Å²) in [6, 6.07) is 4.68. The molecule has 1 aromatic rings. The van der Waals surface area contributed by atoms with Crippen LogP contribution in [0.25, 0.3) is 0 Å². The van der Waals surface area contributed by atoms with Crippen LogP contribution in [0.3, 0.4) is 0 Å². The van der Waals surface area contributed by atoms with Crippen molar-refractivity contribution >= 4 is 52.2 Å². The summed E-state index contributed by atoms with van der Waals surface area (Å²) in [6.07, 6.45) is 2.15. The second-order valence-electron chi connectivity index (χ2n) is 5.51. The third-order valence-electron chi connectivity index (χ3n) is 3.75. The number of nitrogens with zero attached hydrogens (tertiary/aromatic N) is 2. The first kappa shape index (κ1) is 21.0. The van der Waals surface area contributed by atoms with E-state index in [0.29, 0.717) is 12.6 Å². The van der Waals surface area contributed by atoms with Gasteiger partial charge < -0.3 is 20.9 Å². The highest BCUT2D eigenvalue weighted by Gasteiger charge is 2.20. The lowest BCUT2D eigenvalue weighted by Crippen LogP contribution is -2.49. The van der Waals surface area contributed by atoms with Gasteiger partial charge in [0, 0.05) is 32.2 Å². The van der Waals surface area contributed by atoms with Crippen LogP contribution in [-0.4, -0.2) is 50.6 Å². The molecule has 3 N–H and O–H groups in total. The standard InChI is InChI=1S/C16H27N5OS.HI/c1-3-17-14(22)12-19-16(18-4-2)20-13-7-9-21(10-8-13)15-6-5-11-23-15;/h5-6,11,13H,3-4,7-10,12H2,1-2H3,(H,17,22)(H2,18,19,20);1H. The van der Waals surface area contributed by atoms with E-state index in [-0.39, 0.29) is 36.4 Å². The highest BCUT2D eigenvalue weighted by Crippen LogP contribution is 2.24. The van der Waals surface area contributed by atoms with Gasteiger partial charge in [-0.2, -0.15) is 0 Å². The number of rotatable bonds is 6. The van der Waals surface area contributed by atoms with Crippen LogP contribution >= 0.6 is 35.3 Å². The quantitative estimate of drug-likeness (QED) is 0.342. The van der Waals surface area contributed by atoms with Gasteiger partial charge in [0.2, 0.25) is 5.91 Å². The molecule has 2 heterocycles. The zero-order valence-electron chi connectivity index (χ0n) is 14.4. The molecule has 2 rings (SSSR count). The number of carbonyl (C=O) groups excluding carboxylic acids is 1. The van der Waals surface area contributed by atoms with Gasteiger partial charge in [0.1, 0.15) is 6.54 Å². The van der Waals surface area contributed by atoms with Gasteiger partial charge in [-0.15, -0.1) is 35.3 Å². The molecule has 0 aromatic carbocycles. The summed E-state index contributed by atoms with van der Waals surface area (Å²) in [5.41, 5.74) is 0. The van der Waals surface area contributed by atoms with Crippen LogP contribution in [-0.2, 0) is 4.79 Å². The Balaban J connectivity index is 0.00000288. The Labute approximate surface area is 165 Å². The predicted octanol–water partition coefficient (Wildman–Crippen LogP) is 2.03. The molecule has 0 saturated carbocycles. The van der Waals surface area contributed by atoms with Gasteiger partial charge in [-0.1, -0.05) is 0 Å². The molecule has 0 radical (unpaired) electrons. The maximum Gasteiger partial charge on any atom is 0.241 e. The zero-order chi connectivity index (χ0) is 16.5. The lowest BCUT2D eigenvalue weighted by atomic mass is 10.1. The molecule has 1 fully saturated rings. The highest BCUT2D eigenvalue weighted by atomic mass is 127. The van der Waals surface area contributed by atoms with E-state index in [4.69, 9.17) is 0 Å². The molecular formula is C16H28IN5OS. The monoisotopic (exact) mass is 465 g/mol. The van der Waals surface area contributed by atoms with Crippen molar-refractivity contribution in [1.29, 1.82) is 0 Å². The number of hydrogen-bond donors (Lipinski definition) is 3. The number of nitrogens with one attached hydrogen (secondary N) is 3. The van der Waals surface area contributed by atoms with Crippen LogP contribution in [0.4, 0.5) is 5.00 Å². The molecular weight excluding hydrogens is 437 g/mol. The smallest absolute Gasteiger partial charge is 0.241 e. The van der Waals surface area contributed by atoms with Crippen LogP contribution in [0.1, 0.15) is 26.7 Å². The van der Waals surface area contributed by atoms with Crippen molar-refractivity contribution < 1.29 is 4.79 Å². The fourth-order valence-corrected chi connectivity index (χ4v) is 3.40. The van der Waals surface area contributed by atoms with Crippen molar-refractivity contribution in [3.05, 3.63) is 17.5 Å². The summed E-state index contributed by atoms with van der Waals surface area (Å²) in [7, 11) is 0. The normalized spacial score (nSPS) is 15.6. The Kier molecular flexibility index (Phi) is 10.1. The molecule has 0 aliphatic carbocycles. The minimum absolute atomic E-state index is 0. The van der Waals surface area contributed by atoms with E-state index in [1.54, 1.807) is 11.3 Å². The van der Waals surface area contributed by atoms with Crippen LogP contribution in [0.15, 0.2) is 22.5 Å². The number of amides is 1. The summed E-state index contributed by atoms with van der Waals surface area (Å²) in [6.45, 7) is 7.63. The molecule has 6 nitrogen and oxygen atoms in total. The summed E-state index contributed by atoms with van der Waals surface area (Å²) >= 11 is 1.79. The molecule has 1 aliphatic rings. The third-order valence-corrected chi connectivity index (χ3v) is 4.68. The SMILES string of the molecule is CCNC(=O)CN=C(NCC)NC1CCN(c2cccs2)CC1.I. The van der Waals surface area contributed by atoms with E-state index in [0.717, 1.165) is 38.4 Å². The summed E-state index contributed by atoms with van der Waals surface area (Å²) < 4.78 is 0. The van der Waals surface area contributed by atoms with Crippen molar-refractivity contribution in [2.75, 3.05) is 37.6 Å². The number of thiophene rings is 1. The van der Waals surface area contributed by atoms with Crippen molar-refractivity contribution in [3.63, 3.8) is 0 Å². The molecule has 1 aliphatic heterocycles. The van der Waals surface area contributed by atoms with Crippen LogP contribution in [0, 0.1) is 0 Å². The van der Waals surface area contributed by atoms with Crippen LogP contribution in [0.5, 0.6) is 0 Å². The average Bonchev–Trinajstić information content (AvgIpc) is 3.08. The Bertz CT molecular complexity index is 501. The molecule has 1 aromatic heterocycles. The largest absolute Gasteiger partial charge is 0.363 e. The molecule has 136 valence electrons. The Morgan fingerprint density at radius 2 is 2.00 bits per heavy atom. The van der Waals surface area contributed by atoms with Crippen molar-refractivity contribution in [2.24, 2.45) is 4.99 Å². The van der Waals surface area contributed by atoms with Gasteiger partial charge in [0.15, 0.2) is 5.96 Å². The molecule has 0 unspecified atom stereocenters. The van der Waals surface area contributed by atoms with E-state index in [9.17, 15) is 4.79 Å². The first-order chi connectivity index (χ1) is 11.2. The van der Waals surface area contributed by atoms with Gasteiger partial charge in [0.05, 0.1) is 5.00 Å². The van der Waals surface area contributed by atoms with Gasteiger partial charge >= 0.3 is 0 Å². The molecule has 24 heavy (non-hydrogen) atoms. The number of anilines is 1. The maximum atomic E-state index is 11.5. The second-order valence-corrected chi connectivity index (χ2v) is 6.43. The van der Waals surface area contributed by atoms with E-state index < -0.39 is 0 Å². The number of hydrogen-bond acceptors (Lipinski definition) is 4. The Morgan fingerprint density at radius 1 is 1.29 bits per heavy atom. The second kappa shape index (κ2) is 11.5. The molecule has 1 saturated heterocycles. The minimum atomic E-state index is -0.0442. The highest BCUT2D eigenvalue weighted by molar-refractivity contribution is 14.0. The number of likely N-dealkylation sites (N-methyl/N-ethyl adjacent to an activating group) is 1. The first-order valence-corrected chi connectivity index (χ1v) is 9.20. The molecule has 8 heteroatoms. The summed E-state index contributed by atoms with van der Waals surface area (Å²) in [5, 5.41) is 12.9. The van der Waals surface area contributed by atoms with Gasteiger partial charge in [0.25, 0.3) is 0 Å². The van der Waals surface area contributed by atoms with E-state index in [2.05, 4.69) is 43.4 Å². The maximum absolute atomic E-state index is 11.5. The zero-order valence-corrected chi connectivity index (χ0v) is 17.5. The van der Waals surface area contributed by atoms with Crippen LogP contribution in [0.2, 0.25) is 0 Å². The van der Waals surface area contributed by atoms with Crippen molar-refractivity contribution in [2.45, 2.75) is 32.7 Å². The van der Waals surface area contributed by atoms with Gasteiger partial charge in [-0.25, -0.2) is 4.99 Å². The summed E-state index contributed by atoms with van der Waals surface area (Å²) in [4.78, 5) is 18.3. The topological polar surface area (TPSA) is 68.8 Å². The number of piperidine rings is 1. The van der Waals surface area contributed by atoms with Crippen molar-refractivity contribution in [3.8, 4) is 0 Å². The minimum Gasteiger partial charge on any atom is -0.363 e. The first-order valence-electron chi connectivity index (χ1n) is 8.33. The van der Waals surface area contributed by atoms with Crippen molar-refractivity contribution in [1.82, 2.24) is 16.0 Å². The molecule has 1 amide bonds. The molecule has 0 spiro atoms. The number of halogens is 1. The van der Waals surface area contributed by atoms with Gasteiger partial charge in [-0.3, -0.25) is 4.79 Å². The number of carbonyl (C=O) groups is 1. The van der Waals surface area contributed by atoms with E-state index >= 15 is 0 Å². The lowest BCUT2D eigenvalue weighted by molar-refractivity contribution is -0.119. The lowest BCUT2D eigenvalue weighted by Gasteiger charge is -2.33. The summed E-state index contributed by atoms with van der Waals surface area (Å²) in [5.74, 6) is 0.686. The fraction of sp³-hybridized carbons (Fsp3) is 0.625. The van der Waals surface area contributed by atoms with Gasteiger partial charge in [-0.05, 0) is 44.2 Å².